The van der Waals surface area contributed by atoms with Crippen LogP contribution >= 0.6 is 0 Å². The van der Waals surface area contributed by atoms with E-state index in [-0.39, 0.29) is 0 Å². The first-order valence-corrected chi connectivity index (χ1v) is 6.91. The molecule has 0 aliphatic heterocycles. The molecule has 18 heavy (non-hydrogen) atoms. The Morgan fingerprint density at radius 3 is 2.94 bits per heavy atom. The van der Waals surface area contributed by atoms with Crippen LogP contribution in [-0.2, 0) is 17.7 Å². The summed E-state index contributed by atoms with van der Waals surface area (Å²) in [6.45, 7) is 7.33. The smallest absolute Gasteiger partial charge is 0.108 e. The van der Waals surface area contributed by atoms with E-state index in [1.807, 2.05) is 6.20 Å². The summed E-state index contributed by atoms with van der Waals surface area (Å²) in [5.41, 5.74) is 0.422. The van der Waals surface area contributed by atoms with Crippen molar-refractivity contribution in [3.05, 3.63) is 18.2 Å². The minimum absolute atomic E-state index is 0.422. The van der Waals surface area contributed by atoms with Crippen LogP contribution in [0, 0.1) is 5.41 Å². The van der Waals surface area contributed by atoms with Gasteiger partial charge in [-0.1, -0.05) is 6.92 Å². The molecule has 0 aromatic carbocycles. The molecule has 0 bridgehead atoms. The highest BCUT2D eigenvalue weighted by molar-refractivity contribution is 4.96. The Bertz CT molecular complexity index is 371. The zero-order valence-electron chi connectivity index (χ0n) is 11.8. The fraction of sp³-hybridized carbons (Fsp3) is 0.786. The molecule has 0 radical (unpaired) electrons. The minimum atomic E-state index is 0.422. The van der Waals surface area contributed by atoms with Crippen molar-refractivity contribution >= 4 is 0 Å². The molecule has 0 spiro atoms. The second-order valence-corrected chi connectivity index (χ2v) is 5.56. The number of ether oxygens (including phenoxy) is 1. The van der Waals surface area contributed by atoms with Gasteiger partial charge < -0.3 is 14.6 Å². The Kier molecular flexibility index (Phi) is 4.40. The van der Waals surface area contributed by atoms with E-state index in [4.69, 9.17) is 4.74 Å². The van der Waals surface area contributed by atoms with Crippen LogP contribution < -0.4 is 5.32 Å². The van der Waals surface area contributed by atoms with E-state index in [1.54, 1.807) is 7.11 Å². The van der Waals surface area contributed by atoms with Crippen LogP contribution in [0.25, 0.3) is 0 Å². The zero-order chi connectivity index (χ0) is 13.0. The highest BCUT2D eigenvalue weighted by Gasteiger charge is 2.42. The van der Waals surface area contributed by atoms with Crippen molar-refractivity contribution in [1.29, 1.82) is 0 Å². The Labute approximate surface area is 110 Å². The predicted octanol–water partition coefficient (Wildman–Crippen LogP) is 1.85. The number of nitrogens with one attached hydrogen (secondary N) is 1. The molecule has 1 N–H and O–H groups in total. The molecule has 1 atom stereocenters. The highest BCUT2D eigenvalue weighted by atomic mass is 16.5. The van der Waals surface area contributed by atoms with Gasteiger partial charge in [0.25, 0.3) is 0 Å². The summed E-state index contributed by atoms with van der Waals surface area (Å²) in [4.78, 5) is 4.35. The number of aromatic nitrogens is 2. The molecule has 4 heteroatoms. The molecule has 1 fully saturated rings. The highest BCUT2D eigenvalue weighted by Crippen LogP contribution is 2.45. The first-order valence-electron chi connectivity index (χ1n) is 6.91. The number of nitrogens with zero attached hydrogens (tertiary/aromatic N) is 2. The number of hydrogen-bond acceptors (Lipinski definition) is 3. The Hall–Kier alpha value is -0.870. The van der Waals surface area contributed by atoms with Crippen molar-refractivity contribution < 1.29 is 4.74 Å². The standard InChI is InChI=1S/C14H25N3O/c1-4-13-15-7-8-17(13)9-12(2)16-10-14(5-6-14)11-18-3/h7-8,12,16H,4-6,9-11H2,1-3H3/t12-/m0/s1. The largest absolute Gasteiger partial charge is 0.384 e. The number of hydrogen-bond donors (Lipinski definition) is 1. The molecule has 1 aromatic heterocycles. The van der Waals surface area contributed by atoms with Crippen molar-refractivity contribution in [3.63, 3.8) is 0 Å². The SMILES string of the molecule is CCc1nccn1C[C@H](C)NCC1(COC)CC1. The lowest BCUT2D eigenvalue weighted by Crippen LogP contribution is -2.36. The van der Waals surface area contributed by atoms with Crippen LogP contribution in [0.15, 0.2) is 12.4 Å². The number of rotatable bonds is 8. The van der Waals surface area contributed by atoms with Crippen LogP contribution in [0.2, 0.25) is 0 Å². The van der Waals surface area contributed by atoms with Crippen molar-refractivity contribution in [2.24, 2.45) is 5.41 Å². The third kappa shape index (κ3) is 3.33. The van der Waals surface area contributed by atoms with Crippen LogP contribution in [0.3, 0.4) is 0 Å². The lowest BCUT2D eigenvalue weighted by molar-refractivity contribution is 0.137. The first-order chi connectivity index (χ1) is 8.69. The van der Waals surface area contributed by atoms with E-state index >= 15 is 0 Å². The lowest BCUT2D eigenvalue weighted by atomic mass is 10.1. The van der Waals surface area contributed by atoms with E-state index in [0.717, 1.165) is 26.1 Å². The topological polar surface area (TPSA) is 39.1 Å². The van der Waals surface area contributed by atoms with Crippen LogP contribution in [0.4, 0.5) is 0 Å². The summed E-state index contributed by atoms with van der Waals surface area (Å²) in [7, 11) is 1.79. The van der Waals surface area contributed by atoms with Gasteiger partial charge in [-0.15, -0.1) is 0 Å². The maximum Gasteiger partial charge on any atom is 0.108 e. The maximum atomic E-state index is 5.29. The normalized spacial score (nSPS) is 18.8. The fourth-order valence-corrected chi connectivity index (χ4v) is 2.43. The molecule has 2 rings (SSSR count). The number of methoxy groups -OCH3 is 1. The van der Waals surface area contributed by atoms with Gasteiger partial charge in [0.15, 0.2) is 0 Å². The molecule has 0 saturated heterocycles. The van der Waals surface area contributed by atoms with Crippen molar-refractivity contribution in [3.8, 4) is 0 Å². The summed E-state index contributed by atoms with van der Waals surface area (Å²) in [6.07, 6.45) is 7.54. The van der Waals surface area contributed by atoms with Crippen LogP contribution in [-0.4, -0.2) is 35.9 Å². The lowest BCUT2D eigenvalue weighted by Gasteiger charge is -2.20. The molecular formula is C14H25N3O. The molecule has 1 heterocycles. The summed E-state index contributed by atoms with van der Waals surface area (Å²) >= 11 is 0. The van der Waals surface area contributed by atoms with Gasteiger partial charge in [0.2, 0.25) is 0 Å². The Morgan fingerprint density at radius 1 is 1.56 bits per heavy atom. The maximum absolute atomic E-state index is 5.29. The quantitative estimate of drug-likeness (QED) is 0.766. The zero-order valence-corrected chi connectivity index (χ0v) is 11.8. The van der Waals surface area contributed by atoms with Gasteiger partial charge in [-0.05, 0) is 19.8 Å². The minimum Gasteiger partial charge on any atom is -0.384 e. The van der Waals surface area contributed by atoms with E-state index in [2.05, 4.69) is 34.9 Å². The average molecular weight is 251 g/mol. The Morgan fingerprint density at radius 2 is 2.33 bits per heavy atom. The van der Waals surface area contributed by atoms with E-state index in [9.17, 15) is 0 Å². The van der Waals surface area contributed by atoms with E-state index < -0.39 is 0 Å². The molecule has 4 nitrogen and oxygen atoms in total. The van der Waals surface area contributed by atoms with Crippen LogP contribution in [0.1, 0.15) is 32.5 Å². The summed E-state index contributed by atoms with van der Waals surface area (Å²) in [5, 5.41) is 3.63. The van der Waals surface area contributed by atoms with Gasteiger partial charge in [0.05, 0.1) is 6.61 Å². The molecule has 1 saturated carbocycles. The summed E-state index contributed by atoms with van der Waals surface area (Å²) in [5.74, 6) is 1.17. The van der Waals surface area contributed by atoms with E-state index in [1.165, 1.54) is 18.7 Å². The third-order valence-electron chi connectivity index (χ3n) is 3.82. The van der Waals surface area contributed by atoms with Crippen molar-refractivity contribution in [2.45, 2.75) is 45.7 Å². The first kappa shape index (κ1) is 13.6. The van der Waals surface area contributed by atoms with Gasteiger partial charge in [-0.2, -0.15) is 0 Å². The van der Waals surface area contributed by atoms with Gasteiger partial charge in [0.1, 0.15) is 5.82 Å². The summed E-state index contributed by atoms with van der Waals surface area (Å²) < 4.78 is 7.53. The van der Waals surface area contributed by atoms with E-state index in [0.29, 0.717) is 11.5 Å². The fourth-order valence-electron chi connectivity index (χ4n) is 2.43. The Balaban J connectivity index is 1.77. The molecule has 1 aliphatic carbocycles. The second-order valence-electron chi connectivity index (χ2n) is 5.56. The van der Waals surface area contributed by atoms with Gasteiger partial charge in [0, 0.05) is 50.5 Å². The van der Waals surface area contributed by atoms with Crippen LogP contribution in [0.5, 0.6) is 0 Å². The third-order valence-corrected chi connectivity index (χ3v) is 3.82. The molecule has 1 aliphatic rings. The molecule has 1 aromatic rings. The van der Waals surface area contributed by atoms with Gasteiger partial charge in [-0.25, -0.2) is 4.98 Å². The molecule has 102 valence electrons. The molecule has 0 amide bonds. The van der Waals surface area contributed by atoms with Crippen molar-refractivity contribution in [2.75, 3.05) is 20.3 Å². The van der Waals surface area contributed by atoms with Gasteiger partial charge in [-0.3, -0.25) is 0 Å². The van der Waals surface area contributed by atoms with Crippen molar-refractivity contribution in [1.82, 2.24) is 14.9 Å². The van der Waals surface area contributed by atoms with Gasteiger partial charge >= 0.3 is 0 Å². The summed E-state index contributed by atoms with van der Waals surface area (Å²) in [6, 6.07) is 0.471. The average Bonchev–Trinajstić information content (AvgIpc) is 2.98. The predicted molar refractivity (Wildman–Crippen MR) is 72.6 cm³/mol. The number of aryl methyl sites for hydroxylation is 1. The molecular weight excluding hydrogens is 226 g/mol. The monoisotopic (exact) mass is 251 g/mol. The molecule has 0 unspecified atom stereocenters. The number of imidazole rings is 1. The second kappa shape index (κ2) is 5.85.